The maximum Gasteiger partial charge on any atom is 0.243 e. The van der Waals surface area contributed by atoms with Crippen LogP contribution in [0.2, 0.25) is 0 Å². The second-order valence-electron chi connectivity index (χ2n) is 6.40. The molecule has 0 saturated carbocycles. The average Bonchev–Trinajstić information content (AvgIpc) is 2.98. The Hall–Kier alpha value is -1.40. The maximum absolute atomic E-state index is 12.6. The number of halogens is 1. The van der Waals surface area contributed by atoms with Gasteiger partial charge in [0, 0.05) is 17.2 Å². The van der Waals surface area contributed by atoms with Gasteiger partial charge in [0.05, 0.1) is 12.6 Å². The van der Waals surface area contributed by atoms with Crippen molar-refractivity contribution in [1.29, 1.82) is 0 Å². The first-order valence-corrected chi connectivity index (χ1v) is 9.26. The van der Waals surface area contributed by atoms with Gasteiger partial charge < -0.3 is 10.2 Å². The van der Waals surface area contributed by atoms with Crippen LogP contribution in [0.1, 0.15) is 31.7 Å². The van der Waals surface area contributed by atoms with Crippen molar-refractivity contribution in [2.24, 2.45) is 0 Å². The van der Waals surface area contributed by atoms with Gasteiger partial charge in [-0.15, -0.1) is 0 Å². The quantitative estimate of drug-likeness (QED) is 0.804. The first-order chi connectivity index (χ1) is 11.4. The van der Waals surface area contributed by atoms with Gasteiger partial charge in [-0.2, -0.15) is 0 Å². The Bertz CT molecular complexity index is 606. The van der Waals surface area contributed by atoms with Crippen molar-refractivity contribution in [3.8, 4) is 0 Å². The number of likely N-dealkylation sites (tertiary alicyclic amines) is 1. The summed E-state index contributed by atoms with van der Waals surface area (Å²) in [4.78, 5) is 28.7. The molecule has 0 aromatic heterocycles. The van der Waals surface area contributed by atoms with Crippen LogP contribution in [-0.2, 0) is 9.59 Å². The number of anilines is 1. The van der Waals surface area contributed by atoms with Gasteiger partial charge in [0.15, 0.2) is 0 Å². The zero-order chi connectivity index (χ0) is 17.7. The topological polar surface area (TPSA) is 52.7 Å². The van der Waals surface area contributed by atoms with Gasteiger partial charge in [-0.05, 0) is 63.0 Å². The summed E-state index contributed by atoms with van der Waals surface area (Å²) in [5.74, 6) is -0.125. The lowest BCUT2D eigenvalue weighted by Crippen LogP contribution is -2.46. The molecule has 0 bridgehead atoms. The smallest absolute Gasteiger partial charge is 0.243 e. The molecule has 24 heavy (non-hydrogen) atoms. The van der Waals surface area contributed by atoms with Crippen LogP contribution < -0.4 is 5.32 Å². The largest absolute Gasteiger partial charge is 0.335 e. The summed E-state index contributed by atoms with van der Waals surface area (Å²) in [6, 6.07) is 5.63. The highest BCUT2D eigenvalue weighted by Gasteiger charge is 2.32. The average molecular weight is 396 g/mol. The minimum Gasteiger partial charge on any atom is -0.335 e. The second-order valence-corrected chi connectivity index (χ2v) is 7.31. The van der Waals surface area contributed by atoms with Crippen LogP contribution in [0, 0.1) is 6.92 Å². The first-order valence-electron chi connectivity index (χ1n) is 8.47. The van der Waals surface area contributed by atoms with E-state index >= 15 is 0 Å². The normalized spacial score (nSPS) is 17.8. The Morgan fingerprint density at radius 2 is 2.17 bits per heavy atom. The molecule has 1 aromatic carbocycles. The molecule has 1 saturated heterocycles. The van der Waals surface area contributed by atoms with Gasteiger partial charge in [0.1, 0.15) is 0 Å². The van der Waals surface area contributed by atoms with Crippen LogP contribution in [0.15, 0.2) is 22.7 Å². The van der Waals surface area contributed by atoms with Gasteiger partial charge in [-0.1, -0.05) is 22.9 Å². The monoisotopic (exact) mass is 395 g/mol. The lowest BCUT2D eigenvalue weighted by Gasteiger charge is -2.27. The maximum atomic E-state index is 12.6. The molecule has 2 rings (SSSR count). The summed E-state index contributed by atoms with van der Waals surface area (Å²) < 4.78 is 0.975. The van der Waals surface area contributed by atoms with E-state index in [1.807, 2.05) is 25.1 Å². The summed E-state index contributed by atoms with van der Waals surface area (Å²) in [7, 11) is 1.71. The van der Waals surface area contributed by atoms with Gasteiger partial charge in [0.2, 0.25) is 11.8 Å². The van der Waals surface area contributed by atoms with Gasteiger partial charge in [-0.25, -0.2) is 0 Å². The lowest BCUT2D eigenvalue weighted by atomic mass is 10.2. The van der Waals surface area contributed by atoms with Crippen LogP contribution in [0.5, 0.6) is 0 Å². The van der Waals surface area contributed by atoms with Crippen LogP contribution in [-0.4, -0.2) is 54.3 Å². The number of carbonyl (C=O) groups excluding carboxylic acids is 2. The minimum absolute atomic E-state index is 0.0450. The Morgan fingerprint density at radius 1 is 1.42 bits per heavy atom. The molecule has 1 aliphatic heterocycles. The Morgan fingerprint density at radius 3 is 2.83 bits per heavy atom. The van der Waals surface area contributed by atoms with Gasteiger partial charge in [0.25, 0.3) is 0 Å². The number of amides is 2. The molecular formula is C18H26BrN3O2. The predicted octanol–water partition coefficient (Wildman–Crippen LogP) is 3.03. The number of nitrogens with one attached hydrogen (secondary N) is 1. The highest BCUT2D eigenvalue weighted by molar-refractivity contribution is 9.10. The number of likely N-dealkylation sites (N-methyl/N-ethyl adjacent to an activating group) is 1. The Labute approximate surface area is 152 Å². The third-order valence-electron chi connectivity index (χ3n) is 4.38. The molecule has 1 heterocycles. The van der Waals surface area contributed by atoms with Crippen molar-refractivity contribution in [3.63, 3.8) is 0 Å². The molecule has 0 spiro atoms. The molecule has 1 aliphatic rings. The van der Waals surface area contributed by atoms with E-state index in [4.69, 9.17) is 0 Å². The zero-order valence-electron chi connectivity index (χ0n) is 14.6. The number of hydrogen-bond donors (Lipinski definition) is 1. The van der Waals surface area contributed by atoms with E-state index in [1.165, 1.54) is 0 Å². The van der Waals surface area contributed by atoms with Gasteiger partial charge >= 0.3 is 0 Å². The standard InChI is InChI=1S/C18H26BrN3O2/c1-4-9-22-10-5-6-16(22)18(24)21(3)12-17(23)20-15-8-7-14(19)11-13(15)2/h7-8,11,16H,4-6,9-10,12H2,1-3H3,(H,20,23). The summed E-state index contributed by atoms with van der Waals surface area (Å²) in [5.41, 5.74) is 1.76. The number of benzene rings is 1. The molecule has 0 aliphatic carbocycles. The number of rotatable bonds is 6. The third kappa shape index (κ3) is 4.80. The predicted molar refractivity (Wildman–Crippen MR) is 100 cm³/mol. The van der Waals surface area contributed by atoms with E-state index < -0.39 is 0 Å². The van der Waals surface area contributed by atoms with E-state index in [0.717, 1.165) is 48.1 Å². The molecule has 1 aromatic rings. The molecular weight excluding hydrogens is 370 g/mol. The summed E-state index contributed by atoms with van der Waals surface area (Å²) in [6.07, 6.45) is 2.97. The number of hydrogen-bond acceptors (Lipinski definition) is 3. The van der Waals surface area contributed by atoms with Crippen molar-refractivity contribution in [2.75, 3.05) is 32.0 Å². The van der Waals surface area contributed by atoms with Crippen molar-refractivity contribution in [1.82, 2.24) is 9.80 Å². The Kier molecular flexibility index (Phi) is 6.80. The first kappa shape index (κ1) is 18.9. The van der Waals surface area contributed by atoms with Crippen molar-refractivity contribution in [2.45, 2.75) is 39.2 Å². The number of nitrogens with zero attached hydrogens (tertiary/aromatic N) is 2. The minimum atomic E-state index is -0.170. The molecule has 132 valence electrons. The van der Waals surface area contributed by atoms with Crippen molar-refractivity contribution >= 4 is 33.4 Å². The molecule has 1 atom stereocenters. The molecule has 1 fully saturated rings. The fourth-order valence-electron chi connectivity index (χ4n) is 3.17. The third-order valence-corrected chi connectivity index (χ3v) is 4.87. The molecule has 1 unspecified atom stereocenters. The van der Waals surface area contributed by atoms with E-state index in [0.29, 0.717) is 0 Å². The van der Waals surface area contributed by atoms with E-state index in [1.54, 1.807) is 11.9 Å². The summed E-state index contributed by atoms with van der Waals surface area (Å²) in [6.45, 7) is 6.05. The van der Waals surface area contributed by atoms with Crippen molar-refractivity contribution in [3.05, 3.63) is 28.2 Å². The second kappa shape index (κ2) is 8.62. The van der Waals surface area contributed by atoms with Gasteiger partial charge in [-0.3, -0.25) is 14.5 Å². The molecule has 2 amide bonds. The van der Waals surface area contributed by atoms with Crippen LogP contribution >= 0.6 is 15.9 Å². The number of aryl methyl sites for hydroxylation is 1. The zero-order valence-corrected chi connectivity index (χ0v) is 16.2. The number of carbonyl (C=O) groups is 2. The summed E-state index contributed by atoms with van der Waals surface area (Å²) in [5, 5.41) is 2.88. The van der Waals surface area contributed by atoms with Crippen LogP contribution in [0.3, 0.4) is 0 Å². The van der Waals surface area contributed by atoms with E-state index in [-0.39, 0.29) is 24.4 Å². The van der Waals surface area contributed by atoms with E-state index in [9.17, 15) is 9.59 Å². The summed E-state index contributed by atoms with van der Waals surface area (Å²) >= 11 is 3.41. The molecule has 5 nitrogen and oxygen atoms in total. The molecule has 6 heteroatoms. The fraction of sp³-hybridized carbons (Fsp3) is 0.556. The van der Waals surface area contributed by atoms with Crippen LogP contribution in [0.4, 0.5) is 5.69 Å². The Balaban J connectivity index is 1.92. The highest BCUT2D eigenvalue weighted by atomic mass is 79.9. The fourth-order valence-corrected chi connectivity index (χ4v) is 3.64. The SMILES string of the molecule is CCCN1CCCC1C(=O)N(C)CC(=O)Nc1ccc(Br)cc1C. The lowest BCUT2D eigenvalue weighted by molar-refractivity contribution is -0.137. The highest BCUT2D eigenvalue weighted by Crippen LogP contribution is 2.21. The van der Waals surface area contributed by atoms with Crippen molar-refractivity contribution < 1.29 is 9.59 Å². The van der Waals surface area contributed by atoms with E-state index in [2.05, 4.69) is 33.1 Å². The van der Waals surface area contributed by atoms with Crippen LogP contribution in [0.25, 0.3) is 0 Å². The molecule has 1 N–H and O–H groups in total. The molecule has 0 radical (unpaired) electrons.